The summed E-state index contributed by atoms with van der Waals surface area (Å²) < 4.78 is 3.64. The standard InChI is InChI=1S/C20H17N5O2/c26-19(21-11-14-12-24-8-2-1-4-17(24)22-14)13-6-7-15-16(10-13)23-18-5-3-9-25(18)20(15)27/h1-2,4,6-8,10,12H,3,5,9,11H2,(H,21,26). The van der Waals surface area contributed by atoms with Crippen LogP contribution in [-0.2, 0) is 19.5 Å². The number of aryl methyl sites for hydroxylation is 1. The maximum Gasteiger partial charge on any atom is 0.261 e. The summed E-state index contributed by atoms with van der Waals surface area (Å²) in [5.74, 6) is 0.589. The highest BCUT2D eigenvalue weighted by atomic mass is 16.1. The Bertz CT molecular complexity index is 1220. The lowest BCUT2D eigenvalue weighted by molar-refractivity contribution is 0.0950. The molecule has 7 nitrogen and oxygen atoms in total. The van der Waals surface area contributed by atoms with Crippen LogP contribution < -0.4 is 10.9 Å². The number of aromatic nitrogens is 4. The van der Waals surface area contributed by atoms with Gasteiger partial charge in [-0.1, -0.05) is 6.07 Å². The number of benzene rings is 1. The van der Waals surface area contributed by atoms with Gasteiger partial charge in [-0.2, -0.15) is 0 Å². The SMILES string of the molecule is O=C(NCc1cn2ccccc2n1)c1ccc2c(=O)n3c(nc2c1)CCC3. The molecule has 134 valence electrons. The molecule has 0 saturated carbocycles. The lowest BCUT2D eigenvalue weighted by atomic mass is 10.1. The van der Waals surface area contributed by atoms with Crippen LogP contribution in [0.25, 0.3) is 16.6 Å². The number of nitrogens with one attached hydrogen (secondary N) is 1. The summed E-state index contributed by atoms with van der Waals surface area (Å²) in [5.41, 5.74) is 2.66. The van der Waals surface area contributed by atoms with Crippen LogP contribution in [0.5, 0.6) is 0 Å². The number of hydrogen-bond acceptors (Lipinski definition) is 4. The molecule has 4 heterocycles. The summed E-state index contributed by atoms with van der Waals surface area (Å²) in [6, 6.07) is 10.8. The predicted molar refractivity (Wildman–Crippen MR) is 101 cm³/mol. The lowest BCUT2D eigenvalue weighted by Crippen LogP contribution is -2.24. The molecule has 1 N–H and O–H groups in total. The van der Waals surface area contributed by atoms with Crippen molar-refractivity contribution < 1.29 is 4.79 Å². The van der Waals surface area contributed by atoms with Crippen molar-refractivity contribution >= 4 is 22.5 Å². The average Bonchev–Trinajstić information content (AvgIpc) is 3.32. The summed E-state index contributed by atoms with van der Waals surface area (Å²) in [6.07, 6.45) is 5.54. The van der Waals surface area contributed by atoms with Gasteiger partial charge in [0.15, 0.2) is 0 Å². The van der Waals surface area contributed by atoms with Crippen LogP contribution in [0.3, 0.4) is 0 Å². The van der Waals surface area contributed by atoms with E-state index in [1.807, 2.05) is 35.0 Å². The van der Waals surface area contributed by atoms with Crippen LogP contribution in [-0.4, -0.2) is 24.8 Å². The number of imidazole rings is 1. The summed E-state index contributed by atoms with van der Waals surface area (Å²) in [4.78, 5) is 34.1. The molecule has 4 aromatic rings. The summed E-state index contributed by atoms with van der Waals surface area (Å²) in [5, 5.41) is 3.44. The molecule has 0 spiro atoms. The number of fused-ring (bicyclic) bond motifs is 3. The number of nitrogens with zero attached hydrogens (tertiary/aromatic N) is 4. The number of carbonyl (C=O) groups is 1. The maximum absolute atomic E-state index is 12.5. The molecular weight excluding hydrogens is 342 g/mol. The van der Waals surface area contributed by atoms with Crippen LogP contribution in [0.4, 0.5) is 0 Å². The van der Waals surface area contributed by atoms with Crippen molar-refractivity contribution in [3.8, 4) is 0 Å². The smallest absolute Gasteiger partial charge is 0.261 e. The quantitative estimate of drug-likeness (QED) is 0.606. The van der Waals surface area contributed by atoms with Crippen LogP contribution in [0.1, 0.15) is 28.3 Å². The Morgan fingerprint density at radius 3 is 3.00 bits per heavy atom. The fourth-order valence-corrected chi connectivity index (χ4v) is 3.57. The van der Waals surface area contributed by atoms with E-state index < -0.39 is 0 Å². The minimum Gasteiger partial charge on any atom is -0.346 e. The highest BCUT2D eigenvalue weighted by Gasteiger charge is 2.17. The molecule has 1 aromatic carbocycles. The van der Waals surface area contributed by atoms with Gasteiger partial charge in [-0.3, -0.25) is 14.2 Å². The van der Waals surface area contributed by atoms with E-state index in [4.69, 9.17) is 0 Å². The minimum atomic E-state index is -0.212. The first kappa shape index (κ1) is 15.7. The Labute approximate surface area is 154 Å². The van der Waals surface area contributed by atoms with Crippen LogP contribution in [0.2, 0.25) is 0 Å². The zero-order valence-electron chi connectivity index (χ0n) is 14.6. The molecule has 0 atom stereocenters. The van der Waals surface area contributed by atoms with Gasteiger partial charge in [-0.15, -0.1) is 0 Å². The van der Waals surface area contributed by atoms with Gasteiger partial charge >= 0.3 is 0 Å². The third kappa shape index (κ3) is 2.68. The molecule has 0 radical (unpaired) electrons. The maximum atomic E-state index is 12.5. The Kier molecular flexibility index (Phi) is 3.53. The first-order valence-electron chi connectivity index (χ1n) is 8.93. The molecule has 3 aromatic heterocycles. The second-order valence-electron chi connectivity index (χ2n) is 6.70. The van der Waals surface area contributed by atoms with E-state index in [1.165, 1.54) is 0 Å². The van der Waals surface area contributed by atoms with E-state index in [0.29, 0.717) is 23.0 Å². The van der Waals surface area contributed by atoms with Crippen molar-refractivity contribution in [3.05, 3.63) is 76.2 Å². The van der Waals surface area contributed by atoms with E-state index in [0.717, 1.165) is 36.6 Å². The van der Waals surface area contributed by atoms with Gasteiger partial charge in [0.1, 0.15) is 11.5 Å². The van der Waals surface area contributed by atoms with Crippen molar-refractivity contribution in [1.29, 1.82) is 0 Å². The molecule has 1 aliphatic rings. The van der Waals surface area contributed by atoms with Crippen LogP contribution >= 0.6 is 0 Å². The Balaban J connectivity index is 1.40. The summed E-state index contributed by atoms with van der Waals surface area (Å²) in [7, 11) is 0. The monoisotopic (exact) mass is 359 g/mol. The molecule has 5 rings (SSSR count). The molecule has 1 aliphatic heterocycles. The molecule has 0 aliphatic carbocycles. The van der Waals surface area contributed by atoms with Crippen molar-refractivity contribution in [2.45, 2.75) is 25.9 Å². The lowest BCUT2D eigenvalue weighted by Gasteiger charge is -2.07. The summed E-state index contributed by atoms with van der Waals surface area (Å²) >= 11 is 0. The fraction of sp³-hybridized carbons (Fsp3) is 0.200. The second-order valence-corrected chi connectivity index (χ2v) is 6.70. The van der Waals surface area contributed by atoms with Crippen molar-refractivity contribution in [1.82, 2.24) is 24.3 Å². The third-order valence-corrected chi connectivity index (χ3v) is 4.92. The van der Waals surface area contributed by atoms with E-state index in [2.05, 4.69) is 15.3 Å². The van der Waals surface area contributed by atoms with Crippen LogP contribution in [0, 0.1) is 0 Å². The Morgan fingerprint density at radius 2 is 2.11 bits per heavy atom. The van der Waals surface area contributed by atoms with Gasteiger partial charge in [0.2, 0.25) is 0 Å². The fourth-order valence-electron chi connectivity index (χ4n) is 3.57. The largest absolute Gasteiger partial charge is 0.346 e. The van der Waals surface area contributed by atoms with Gasteiger partial charge in [0.05, 0.1) is 23.1 Å². The van der Waals surface area contributed by atoms with E-state index in [9.17, 15) is 9.59 Å². The average molecular weight is 359 g/mol. The number of rotatable bonds is 3. The summed E-state index contributed by atoms with van der Waals surface area (Å²) in [6.45, 7) is 1.05. The zero-order chi connectivity index (χ0) is 18.4. The van der Waals surface area contributed by atoms with Gasteiger partial charge in [0, 0.05) is 30.9 Å². The van der Waals surface area contributed by atoms with Crippen molar-refractivity contribution in [3.63, 3.8) is 0 Å². The minimum absolute atomic E-state index is 0.0239. The molecule has 0 unspecified atom stereocenters. The van der Waals surface area contributed by atoms with Crippen molar-refractivity contribution in [2.75, 3.05) is 0 Å². The normalized spacial score (nSPS) is 13.2. The number of amides is 1. The molecule has 27 heavy (non-hydrogen) atoms. The first-order valence-corrected chi connectivity index (χ1v) is 8.93. The van der Waals surface area contributed by atoms with E-state index >= 15 is 0 Å². The zero-order valence-corrected chi connectivity index (χ0v) is 14.6. The molecule has 0 bridgehead atoms. The topological polar surface area (TPSA) is 81.3 Å². The van der Waals surface area contributed by atoms with Gasteiger partial charge in [-0.25, -0.2) is 9.97 Å². The second kappa shape index (κ2) is 6.05. The van der Waals surface area contributed by atoms with Gasteiger partial charge in [-0.05, 0) is 36.8 Å². The Morgan fingerprint density at radius 1 is 1.19 bits per heavy atom. The molecule has 7 heteroatoms. The van der Waals surface area contributed by atoms with Gasteiger partial charge in [0.25, 0.3) is 11.5 Å². The highest BCUT2D eigenvalue weighted by Crippen LogP contribution is 2.16. The predicted octanol–water partition coefficient (Wildman–Crippen LogP) is 1.92. The molecule has 1 amide bonds. The molecule has 0 saturated heterocycles. The Hall–Kier alpha value is -3.48. The first-order chi connectivity index (χ1) is 13.2. The van der Waals surface area contributed by atoms with Crippen LogP contribution in [0.15, 0.2) is 53.6 Å². The van der Waals surface area contributed by atoms with E-state index in [-0.39, 0.29) is 11.5 Å². The highest BCUT2D eigenvalue weighted by molar-refractivity contribution is 5.97. The molecule has 0 fully saturated rings. The van der Waals surface area contributed by atoms with Gasteiger partial charge < -0.3 is 9.72 Å². The number of pyridine rings is 1. The van der Waals surface area contributed by atoms with Crippen molar-refractivity contribution in [2.24, 2.45) is 0 Å². The van der Waals surface area contributed by atoms with E-state index in [1.54, 1.807) is 22.8 Å². The molecular formula is C20H17N5O2. The third-order valence-electron chi connectivity index (χ3n) is 4.92. The number of hydrogen-bond donors (Lipinski definition) is 1. The number of carbonyl (C=O) groups excluding carboxylic acids is 1.